The largest absolute Gasteiger partial charge is 0.378 e. The first-order valence-corrected chi connectivity index (χ1v) is 9.48. The molecule has 1 aliphatic rings. The molecule has 1 aliphatic heterocycles. The second-order valence-electron chi connectivity index (χ2n) is 5.96. The van der Waals surface area contributed by atoms with Crippen molar-refractivity contribution in [2.45, 2.75) is 11.6 Å². The van der Waals surface area contributed by atoms with E-state index in [1.807, 2.05) is 11.6 Å². The molecular weight excluding hydrogens is 357 g/mol. The molecule has 0 unspecified atom stereocenters. The van der Waals surface area contributed by atoms with Gasteiger partial charge < -0.3 is 15.0 Å². The Bertz CT molecular complexity index is 731. The molecule has 3 rings (SSSR count). The Hall–Kier alpha value is -2.13. The first-order chi connectivity index (χ1) is 12.6. The zero-order valence-electron chi connectivity index (χ0n) is 14.7. The number of rotatable bonds is 7. The fourth-order valence-corrected chi connectivity index (χ4v) is 3.39. The molecule has 1 aromatic heterocycles. The van der Waals surface area contributed by atoms with Crippen LogP contribution in [0.2, 0.25) is 0 Å². The van der Waals surface area contributed by atoms with Crippen molar-refractivity contribution in [1.29, 1.82) is 0 Å². The number of hydrogen-bond donors (Lipinski definition) is 1. The third-order valence-electron chi connectivity index (χ3n) is 4.09. The van der Waals surface area contributed by atoms with Crippen LogP contribution in [0.25, 0.3) is 0 Å². The number of nitrogens with one attached hydrogen (secondary N) is 1. The summed E-state index contributed by atoms with van der Waals surface area (Å²) in [6.45, 7) is 3.47. The third-order valence-corrected chi connectivity index (χ3v) is 5.11. The summed E-state index contributed by atoms with van der Waals surface area (Å²) in [5.41, 5.74) is 0.989. The van der Waals surface area contributed by atoms with Gasteiger partial charge in [0.25, 0.3) is 0 Å². The Morgan fingerprint density at radius 1 is 1.27 bits per heavy atom. The second-order valence-corrected chi connectivity index (χ2v) is 6.90. The van der Waals surface area contributed by atoms with Crippen molar-refractivity contribution in [3.8, 4) is 0 Å². The molecule has 2 heterocycles. The number of nitrogens with zero attached hydrogens (tertiary/aromatic N) is 4. The Morgan fingerprint density at radius 2 is 2.00 bits per heavy atom. The minimum absolute atomic E-state index is 0.0620. The maximum Gasteiger partial charge on any atom is 0.230 e. The number of anilines is 1. The van der Waals surface area contributed by atoms with Crippen molar-refractivity contribution >= 4 is 23.6 Å². The predicted octanol–water partition coefficient (Wildman–Crippen LogP) is 1.24. The maximum absolute atomic E-state index is 12.9. The van der Waals surface area contributed by atoms with E-state index < -0.39 is 0 Å². The number of carbonyl (C=O) groups is 1. The number of thioether (sulfide) groups is 1. The van der Waals surface area contributed by atoms with E-state index in [1.165, 1.54) is 23.9 Å². The van der Waals surface area contributed by atoms with Crippen LogP contribution in [0.4, 0.5) is 10.3 Å². The van der Waals surface area contributed by atoms with E-state index in [9.17, 15) is 9.18 Å². The summed E-state index contributed by atoms with van der Waals surface area (Å²) in [5, 5.41) is 12.0. The minimum Gasteiger partial charge on any atom is -0.378 e. The molecule has 0 saturated carbocycles. The molecule has 1 fully saturated rings. The number of carbonyl (C=O) groups excluding carboxylic acids is 1. The van der Waals surface area contributed by atoms with Crippen LogP contribution in [0, 0.1) is 5.82 Å². The molecular formula is C17H22FN5O2S. The number of ether oxygens (including phenoxy) is 1. The van der Waals surface area contributed by atoms with Gasteiger partial charge in [0.2, 0.25) is 11.9 Å². The number of benzene rings is 1. The van der Waals surface area contributed by atoms with E-state index in [0.717, 1.165) is 24.6 Å². The monoisotopic (exact) mass is 379 g/mol. The molecule has 0 atom stereocenters. The molecule has 1 amide bonds. The molecule has 0 radical (unpaired) electrons. The van der Waals surface area contributed by atoms with E-state index in [4.69, 9.17) is 4.74 Å². The average molecular weight is 379 g/mol. The molecule has 7 nitrogen and oxygen atoms in total. The Morgan fingerprint density at radius 3 is 2.73 bits per heavy atom. The molecule has 1 aromatic carbocycles. The number of halogens is 1. The van der Waals surface area contributed by atoms with E-state index in [0.29, 0.717) is 31.3 Å². The van der Waals surface area contributed by atoms with E-state index in [1.54, 1.807) is 12.1 Å². The summed E-state index contributed by atoms with van der Waals surface area (Å²) >= 11 is 1.36. The predicted molar refractivity (Wildman–Crippen MR) is 97.9 cm³/mol. The van der Waals surface area contributed by atoms with Crippen molar-refractivity contribution in [1.82, 2.24) is 20.1 Å². The van der Waals surface area contributed by atoms with Gasteiger partial charge in [-0.25, -0.2) is 4.39 Å². The summed E-state index contributed by atoms with van der Waals surface area (Å²) in [6.07, 6.45) is 0.668. The lowest BCUT2D eigenvalue weighted by atomic mass is 10.1. The highest BCUT2D eigenvalue weighted by Gasteiger charge is 2.19. The quantitative estimate of drug-likeness (QED) is 0.730. The number of hydrogen-bond acceptors (Lipinski definition) is 6. The Balaban J connectivity index is 1.42. The topological polar surface area (TPSA) is 72.3 Å². The summed E-state index contributed by atoms with van der Waals surface area (Å²) in [6, 6.07) is 6.30. The summed E-state index contributed by atoms with van der Waals surface area (Å²) in [7, 11) is 1.90. The number of amides is 1. The van der Waals surface area contributed by atoms with Crippen LogP contribution >= 0.6 is 11.8 Å². The highest BCUT2D eigenvalue weighted by atomic mass is 32.2. The van der Waals surface area contributed by atoms with Gasteiger partial charge in [-0.1, -0.05) is 23.9 Å². The standard InChI is InChI=1S/C17H22FN5O2S/c1-22-16(23-8-10-25-11-9-23)20-21-17(22)26-12-15(24)19-7-6-13-2-4-14(18)5-3-13/h2-5H,6-12H2,1H3,(H,19,24). The van der Waals surface area contributed by atoms with Gasteiger partial charge in [-0.05, 0) is 24.1 Å². The molecule has 1 saturated heterocycles. The fourth-order valence-electron chi connectivity index (χ4n) is 2.65. The van der Waals surface area contributed by atoms with Crippen LogP contribution in [0.5, 0.6) is 0 Å². The lowest BCUT2D eigenvalue weighted by Crippen LogP contribution is -2.37. The van der Waals surface area contributed by atoms with Gasteiger partial charge in [-0.2, -0.15) is 0 Å². The lowest BCUT2D eigenvalue weighted by molar-refractivity contribution is -0.118. The van der Waals surface area contributed by atoms with E-state index in [2.05, 4.69) is 20.4 Å². The van der Waals surface area contributed by atoms with Crippen molar-refractivity contribution < 1.29 is 13.9 Å². The van der Waals surface area contributed by atoms with Gasteiger partial charge in [0.15, 0.2) is 5.16 Å². The Kier molecular flexibility index (Phi) is 6.45. The molecule has 1 N–H and O–H groups in total. The van der Waals surface area contributed by atoms with Gasteiger partial charge in [0.1, 0.15) is 5.82 Å². The molecule has 0 aliphatic carbocycles. The molecule has 140 valence electrons. The van der Waals surface area contributed by atoms with E-state index in [-0.39, 0.29) is 17.5 Å². The Labute approximate surface area is 155 Å². The molecule has 2 aromatic rings. The number of aromatic nitrogens is 3. The average Bonchev–Trinajstić information content (AvgIpc) is 3.03. The molecule has 26 heavy (non-hydrogen) atoms. The van der Waals surface area contributed by atoms with Crippen LogP contribution in [0.3, 0.4) is 0 Å². The number of morpholine rings is 1. The maximum atomic E-state index is 12.9. The van der Waals surface area contributed by atoms with Gasteiger partial charge in [-0.15, -0.1) is 10.2 Å². The van der Waals surface area contributed by atoms with Crippen molar-refractivity contribution in [3.05, 3.63) is 35.6 Å². The molecule has 0 spiro atoms. The second kappa shape index (κ2) is 9.00. The van der Waals surface area contributed by atoms with Crippen LogP contribution in [0.1, 0.15) is 5.56 Å². The highest BCUT2D eigenvalue weighted by Crippen LogP contribution is 2.20. The summed E-state index contributed by atoms with van der Waals surface area (Å²) < 4.78 is 20.1. The SMILES string of the molecule is Cn1c(SCC(=O)NCCc2ccc(F)cc2)nnc1N1CCOCC1. The van der Waals surface area contributed by atoms with Crippen molar-refractivity contribution in [2.75, 3.05) is 43.5 Å². The smallest absolute Gasteiger partial charge is 0.230 e. The van der Waals surface area contributed by atoms with Crippen LogP contribution in [-0.4, -0.2) is 59.3 Å². The fraction of sp³-hybridized carbons (Fsp3) is 0.471. The van der Waals surface area contributed by atoms with Crippen LogP contribution in [0.15, 0.2) is 29.4 Å². The first-order valence-electron chi connectivity index (χ1n) is 8.49. The van der Waals surface area contributed by atoms with Crippen molar-refractivity contribution in [2.24, 2.45) is 7.05 Å². The van der Waals surface area contributed by atoms with Gasteiger partial charge in [0, 0.05) is 26.7 Å². The normalized spacial score (nSPS) is 14.5. The van der Waals surface area contributed by atoms with Crippen LogP contribution < -0.4 is 10.2 Å². The third kappa shape index (κ3) is 4.95. The summed E-state index contributed by atoms with van der Waals surface area (Å²) in [5.74, 6) is 0.758. The lowest BCUT2D eigenvalue weighted by Gasteiger charge is -2.27. The molecule has 0 bridgehead atoms. The van der Waals surface area contributed by atoms with Gasteiger partial charge in [-0.3, -0.25) is 9.36 Å². The van der Waals surface area contributed by atoms with Gasteiger partial charge in [0.05, 0.1) is 19.0 Å². The zero-order valence-corrected chi connectivity index (χ0v) is 15.5. The first kappa shape index (κ1) is 18.7. The zero-order chi connectivity index (χ0) is 18.4. The van der Waals surface area contributed by atoms with Crippen LogP contribution in [-0.2, 0) is 23.0 Å². The summed E-state index contributed by atoms with van der Waals surface area (Å²) in [4.78, 5) is 14.1. The molecule has 9 heteroatoms. The van der Waals surface area contributed by atoms with Crippen molar-refractivity contribution in [3.63, 3.8) is 0 Å². The highest BCUT2D eigenvalue weighted by molar-refractivity contribution is 7.99. The van der Waals surface area contributed by atoms with Gasteiger partial charge >= 0.3 is 0 Å². The minimum atomic E-state index is -0.255. The van der Waals surface area contributed by atoms with E-state index >= 15 is 0 Å².